The molecule has 0 aliphatic heterocycles. The van der Waals surface area contributed by atoms with E-state index in [0.717, 1.165) is 0 Å². The molecule has 13 heavy (non-hydrogen) atoms. The van der Waals surface area contributed by atoms with Crippen molar-refractivity contribution in [3.05, 3.63) is 28.2 Å². The first-order valence-electron chi connectivity index (χ1n) is 3.87. The third-order valence-corrected chi connectivity index (χ3v) is 2.76. The highest BCUT2D eigenvalue weighted by atomic mass is 79.9. The fourth-order valence-corrected chi connectivity index (χ4v) is 1.76. The van der Waals surface area contributed by atoms with Crippen LogP contribution >= 0.6 is 15.9 Å². The lowest BCUT2D eigenvalue weighted by Crippen LogP contribution is -2.37. The van der Waals surface area contributed by atoms with E-state index in [1.54, 1.807) is 25.1 Å². The van der Waals surface area contributed by atoms with Gasteiger partial charge in [0, 0.05) is 0 Å². The van der Waals surface area contributed by atoms with E-state index in [1.807, 2.05) is 0 Å². The Labute approximate surface area is 85.3 Å². The number of aromatic hydroxyl groups is 1. The molecule has 0 saturated heterocycles. The van der Waals surface area contributed by atoms with Crippen molar-refractivity contribution in [2.24, 2.45) is 5.73 Å². The number of hydrogen-bond acceptors (Lipinski definition) is 3. The van der Waals surface area contributed by atoms with E-state index in [9.17, 15) is 5.11 Å². The summed E-state index contributed by atoms with van der Waals surface area (Å²) in [5.74, 6) is 0.127. The van der Waals surface area contributed by atoms with Crippen LogP contribution in [0.2, 0.25) is 0 Å². The molecule has 1 rings (SSSR count). The van der Waals surface area contributed by atoms with Crippen LogP contribution < -0.4 is 5.73 Å². The zero-order chi connectivity index (χ0) is 10.1. The zero-order valence-corrected chi connectivity index (χ0v) is 8.87. The quantitative estimate of drug-likeness (QED) is 0.737. The first-order valence-corrected chi connectivity index (χ1v) is 4.66. The van der Waals surface area contributed by atoms with Gasteiger partial charge in [0.15, 0.2) is 0 Å². The molecule has 0 bridgehead atoms. The van der Waals surface area contributed by atoms with Crippen LogP contribution in [0.1, 0.15) is 12.5 Å². The molecule has 0 radical (unpaired) electrons. The molecule has 0 aliphatic carbocycles. The number of phenols is 1. The maximum Gasteiger partial charge on any atom is 0.130 e. The Kier molecular flexibility index (Phi) is 2.95. The first-order chi connectivity index (χ1) is 5.99. The summed E-state index contributed by atoms with van der Waals surface area (Å²) in [7, 11) is 0. The van der Waals surface area contributed by atoms with Crippen molar-refractivity contribution in [2.45, 2.75) is 12.5 Å². The second kappa shape index (κ2) is 3.65. The Morgan fingerprint density at radius 1 is 1.54 bits per heavy atom. The van der Waals surface area contributed by atoms with E-state index >= 15 is 0 Å². The molecule has 0 aromatic heterocycles. The predicted octanol–water partition coefficient (Wildman–Crippen LogP) is 1.32. The lowest BCUT2D eigenvalue weighted by atomic mass is 9.94. The summed E-state index contributed by atoms with van der Waals surface area (Å²) < 4.78 is 0.536. The maximum atomic E-state index is 9.37. The lowest BCUT2D eigenvalue weighted by Gasteiger charge is -2.23. The number of benzene rings is 1. The Balaban J connectivity index is 3.22. The molecule has 1 aromatic carbocycles. The highest BCUT2D eigenvalue weighted by Gasteiger charge is 2.23. The molecular weight excluding hydrogens is 234 g/mol. The monoisotopic (exact) mass is 245 g/mol. The van der Waals surface area contributed by atoms with Crippen molar-refractivity contribution in [2.75, 3.05) is 6.61 Å². The van der Waals surface area contributed by atoms with E-state index < -0.39 is 5.54 Å². The smallest absolute Gasteiger partial charge is 0.130 e. The minimum Gasteiger partial charge on any atom is -0.507 e. The van der Waals surface area contributed by atoms with Crippen molar-refractivity contribution < 1.29 is 10.2 Å². The van der Waals surface area contributed by atoms with E-state index in [2.05, 4.69) is 15.9 Å². The first kappa shape index (κ1) is 10.5. The van der Waals surface area contributed by atoms with Gasteiger partial charge in [0.05, 0.1) is 16.6 Å². The molecule has 0 aliphatic rings. The van der Waals surface area contributed by atoms with Gasteiger partial charge in [-0.25, -0.2) is 0 Å². The van der Waals surface area contributed by atoms with Crippen molar-refractivity contribution in [3.63, 3.8) is 0 Å². The normalized spacial score (nSPS) is 15.4. The topological polar surface area (TPSA) is 66.5 Å². The molecule has 0 fully saturated rings. The average Bonchev–Trinajstić information content (AvgIpc) is 2.09. The highest BCUT2D eigenvalue weighted by Crippen LogP contribution is 2.32. The lowest BCUT2D eigenvalue weighted by molar-refractivity contribution is 0.209. The number of aliphatic hydroxyl groups is 1. The van der Waals surface area contributed by atoms with Gasteiger partial charge < -0.3 is 15.9 Å². The molecule has 0 saturated carbocycles. The van der Waals surface area contributed by atoms with Gasteiger partial charge in [0.1, 0.15) is 5.75 Å². The van der Waals surface area contributed by atoms with Gasteiger partial charge >= 0.3 is 0 Å². The second-order valence-electron chi connectivity index (χ2n) is 3.21. The molecule has 4 N–H and O–H groups in total. The van der Waals surface area contributed by atoms with Crippen LogP contribution in [0.3, 0.4) is 0 Å². The summed E-state index contributed by atoms with van der Waals surface area (Å²) in [6.45, 7) is 1.53. The van der Waals surface area contributed by atoms with Crippen molar-refractivity contribution in [3.8, 4) is 5.75 Å². The van der Waals surface area contributed by atoms with E-state index in [1.165, 1.54) is 0 Å². The van der Waals surface area contributed by atoms with Gasteiger partial charge in [-0.3, -0.25) is 0 Å². The summed E-state index contributed by atoms with van der Waals surface area (Å²) in [6.07, 6.45) is 0. The largest absolute Gasteiger partial charge is 0.507 e. The Hall–Kier alpha value is -0.580. The number of nitrogens with two attached hydrogens (primary N) is 1. The molecular formula is C9H12BrNO2. The van der Waals surface area contributed by atoms with Crippen LogP contribution in [0.15, 0.2) is 22.7 Å². The van der Waals surface area contributed by atoms with Crippen LogP contribution in [0.25, 0.3) is 0 Å². The highest BCUT2D eigenvalue weighted by molar-refractivity contribution is 9.10. The summed E-state index contributed by atoms with van der Waals surface area (Å²) in [5, 5.41) is 18.4. The summed E-state index contributed by atoms with van der Waals surface area (Å²) in [6, 6.07) is 5.01. The summed E-state index contributed by atoms with van der Waals surface area (Å²) >= 11 is 3.22. The number of hydrogen-bond donors (Lipinski definition) is 3. The molecule has 1 aromatic rings. The Morgan fingerprint density at radius 2 is 2.15 bits per heavy atom. The number of aliphatic hydroxyl groups excluding tert-OH is 1. The number of halogens is 1. The van der Waals surface area contributed by atoms with Gasteiger partial charge in [-0.05, 0) is 34.5 Å². The maximum absolute atomic E-state index is 9.37. The fraction of sp³-hybridized carbons (Fsp3) is 0.333. The van der Waals surface area contributed by atoms with Crippen molar-refractivity contribution in [1.29, 1.82) is 0 Å². The van der Waals surface area contributed by atoms with Gasteiger partial charge in [-0.2, -0.15) is 0 Å². The molecule has 0 heterocycles. The SMILES string of the molecule is CC(N)(CO)c1cccc(O)c1Br. The Morgan fingerprint density at radius 3 is 2.69 bits per heavy atom. The molecule has 1 unspecified atom stereocenters. The van der Waals surface area contributed by atoms with Crippen LogP contribution in [-0.4, -0.2) is 16.8 Å². The summed E-state index contributed by atoms with van der Waals surface area (Å²) in [4.78, 5) is 0. The number of phenolic OH excluding ortho intramolecular Hbond substituents is 1. The molecule has 72 valence electrons. The van der Waals surface area contributed by atoms with E-state index in [-0.39, 0.29) is 12.4 Å². The van der Waals surface area contributed by atoms with Crippen molar-refractivity contribution >= 4 is 15.9 Å². The molecule has 4 heteroatoms. The van der Waals surface area contributed by atoms with Gasteiger partial charge in [-0.1, -0.05) is 12.1 Å². The Bertz CT molecular complexity index is 312. The van der Waals surface area contributed by atoms with Crippen LogP contribution in [0.4, 0.5) is 0 Å². The molecule has 0 amide bonds. The minimum absolute atomic E-state index is 0.127. The average molecular weight is 246 g/mol. The van der Waals surface area contributed by atoms with Crippen molar-refractivity contribution in [1.82, 2.24) is 0 Å². The third kappa shape index (κ3) is 2.02. The van der Waals surface area contributed by atoms with Crippen LogP contribution in [0, 0.1) is 0 Å². The molecule has 0 spiro atoms. The van der Waals surface area contributed by atoms with Crippen LogP contribution in [-0.2, 0) is 5.54 Å². The number of rotatable bonds is 2. The van der Waals surface area contributed by atoms with Gasteiger partial charge in [0.2, 0.25) is 0 Å². The van der Waals surface area contributed by atoms with Crippen LogP contribution in [0.5, 0.6) is 5.75 Å². The molecule has 3 nitrogen and oxygen atoms in total. The predicted molar refractivity (Wildman–Crippen MR) is 54.4 cm³/mol. The fourth-order valence-electron chi connectivity index (χ4n) is 1.05. The second-order valence-corrected chi connectivity index (χ2v) is 4.01. The zero-order valence-electron chi connectivity index (χ0n) is 7.29. The van der Waals surface area contributed by atoms with E-state index in [4.69, 9.17) is 10.8 Å². The summed E-state index contributed by atoms with van der Waals surface area (Å²) in [5.41, 5.74) is 5.67. The van der Waals surface area contributed by atoms with Gasteiger partial charge in [-0.15, -0.1) is 0 Å². The van der Waals surface area contributed by atoms with E-state index in [0.29, 0.717) is 10.0 Å². The standard InChI is InChI=1S/C9H12BrNO2/c1-9(11,5-12)6-3-2-4-7(13)8(6)10/h2-4,12-13H,5,11H2,1H3. The van der Waals surface area contributed by atoms with Gasteiger partial charge in [0.25, 0.3) is 0 Å². The molecule has 1 atom stereocenters. The third-order valence-electron chi connectivity index (χ3n) is 1.92. The minimum atomic E-state index is -0.836.